The van der Waals surface area contributed by atoms with Crippen LogP contribution in [0.15, 0.2) is 30.3 Å². The zero-order valence-electron chi connectivity index (χ0n) is 10.5. The molecule has 0 saturated heterocycles. The van der Waals surface area contributed by atoms with Crippen molar-refractivity contribution in [2.75, 3.05) is 6.61 Å². The molecule has 0 fully saturated rings. The quantitative estimate of drug-likeness (QED) is 0.572. The second-order valence-corrected chi connectivity index (χ2v) is 3.75. The lowest BCUT2D eigenvalue weighted by Gasteiger charge is -2.13. The van der Waals surface area contributed by atoms with Crippen molar-refractivity contribution in [1.29, 1.82) is 0 Å². The van der Waals surface area contributed by atoms with Gasteiger partial charge in [-0.2, -0.15) is 0 Å². The van der Waals surface area contributed by atoms with E-state index in [-0.39, 0.29) is 13.0 Å². The van der Waals surface area contributed by atoms with Crippen LogP contribution >= 0.6 is 0 Å². The van der Waals surface area contributed by atoms with Crippen molar-refractivity contribution in [3.8, 4) is 0 Å². The van der Waals surface area contributed by atoms with Crippen molar-refractivity contribution in [3.05, 3.63) is 35.9 Å². The highest BCUT2D eigenvalue weighted by Crippen LogP contribution is 2.00. The molecule has 1 amide bonds. The van der Waals surface area contributed by atoms with E-state index in [1.54, 1.807) is 37.3 Å². The van der Waals surface area contributed by atoms with E-state index >= 15 is 0 Å². The molecule has 0 aromatic heterocycles. The van der Waals surface area contributed by atoms with E-state index in [1.165, 1.54) is 0 Å². The SMILES string of the molecule is CCOC(=O)[C@@H](NC(=O)Cc1ccccc1)C(=O)O. The summed E-state index contributed by atoms with van der Waals surface area (Å²) < 4.78 is 4.58. The minimum atomic E-state index is -1.67. The second-order valence-electron chi connectivity index (χ2n) is 3.75. The summed E-state index contributed by atoms with van der Waals surface area (Å²) in [5.74, 6) is -2.97. The number of nitrogens with one attached hydrogen (secondary N) is 1. The smallest absolute Gasteiger partial charge is 0.340 e. The van der Waals surface area contributed by atoms with Crippen LogP contribution in [0.2, 0.25) is 0 Å². The van der Waals surface area contributed by atoms with Gasteiger partial charge in [0.25, 0.3) is 0 Å². The third-order valence-electron chi connectivity index (χ3n) is 2.28. The first-order valence-electron chi connectivity index (χ1n) is 5.77. The van der Waals surface area contributed by atoms with Crippen LogP contribution in [0.4, 0.5) is 0 Å². The minimum absolute atomic E-state index is 0.00399. The maximum atomic E-state index is 11.7. The van der Waals surface area contributed by atoms with Gasteiger partial charge in [0, 0.05) is 0 Å². The number of hydrogen-bond acceptors (Lipinski definition) is 4. The molecule has 0 radical (unpaired) electrons. The van der Waals surface area contributed by atoms with Gasteiger partial charge in [-0.15, -0.1) is 0 Å². The highest BCUT2D eigenvalue weighted by molar-refractivity contribution is 6.01. The Balaban J connectivity index is 2.62. The molecular formula is C13H15NO5. The number of benzene rings is 1. The maximum absolute atomic E-state index is 11.7. The van der Waals surface area contributed by atoms with E-state index in [4.69, 9.17) is 5.11 Å². The van der Waals surface area contributed by atoms with Crippen LogP contribution in [0.1, 0.15) is 12.5 Å². The standard InChI is InChI=1S/C13H15NO5/c1-2-19-13(18)11(12(16)17)14-10(15)8-9-6-4-3-5-7-9/h3-7,11H,2,8H2,1H3,(H,14,15)(H,16,17)/t11-/m0/s1. The normalized spacial score (nSPS) is 11.4. The number of carbonyl (C=O) groups is 3. The van der Waals surface area contributed by atoms with E-state index in [0.717, 1.165) is 5.56 Å². The predicted octanol–water partition coefficient (Wildman–Crippen LogP) is 0.362. The van der Waals surface area contributed by atoms with Gasteiger partial charge in [0.1, 0.15) is 0 Å². The molecule has 102 valence electrons. The summed E-state index contributed by atoms with van der Waals surface area (Å²) >= 11 is 0. The maximum Gasteiger partial charge on any atom is 0.340 e. The number of carbonyl (C=O) groups excluding carboxylic acids is 2. The lowest BCUT2D eigenvalue weighted by atomic mass is 10.1. The van der Waals surface area contributed by atoms with Crippen molar-refractivity contribution in [2.24, 2.45) is 0 Å². The highest BCUT2D eigenvalue weighted by Gasteiger charge is 2.29. The molecule has 1 rings (SSSR count). The molecule has 0 aliphatic carbocycles. The molecule has 0 aliphatic rings. The van der Waals surface area contributed by atoms with Crippen molar-refractivity contribution in [1.82, 2.24) is 5.32 Å². The Morgan fingerprint density at radius 2 is 1.89 bits per heavy atom. The fourth-order valence-electron chi connectivity index (χ4n) is 1.44. The van der Waals surface area contributed by atoms with Crippen LogP contribution in [0.3, 0.4) is 0 Å². The van der Waals surface area contributed by atoms with E-state index in [9.17, 15) is 14.4 Å². The molecule has 6 nitrogen and oxygen atoms in total. The summed E-state index contributed by atoms with van der Waals surface area (Å²) in [7, 11) is 0. The van der Waals surface area contributed by atoms with Crippen LogP contribution in [0, 0.1) is 0 Å². The summed E-state index contributed by atoms with van der Waals surface area (Å²) in [5, 5.41) is 11.0. The minimum Gasteiger partial charge on any atom is -0.479 e. The van der Waals surface area contributed by atoms with Crippen molar-refractivity contribution < 1.29 is 24.2 Å². The molecule has 6 heteroatoms. The van der Waals surface area contributed by atoms with Gasteiger partial charge in [0.05, 0.1) is 13.0 Å². The zero-order chi connectivity index (χ0) is 14.3. The molecule has 1 atom stereocenters. The third kappa shape index (κ3) is 4.79. The van der Waals surface area contributed by atoms with Gasteiger partial charge in [-0.05, 0) is 12.5 Å². The Hall–Kier alpha value is -2.37. The molecule has 0 unspecified atom stereocenters. The summed E-state index contributed by atoms with van der Waals surface area (Å²) in [6, 6.07) is 7.14. The van der Waals surface area contributed by atoms with Crippen LogP contribution in [-0.2, 0) is 25.5 Å². The van der Waals surface area contributed by atoms with Gasteiger partial charge in [0.15, 0.2) is 0 Å². The molecule has 0 saturated carbocycles. The molecule has 0 heterocycles. The van der Waals surface area contributed by atoms with Gasteiger partial charge in [-0.25, -0.2) is 9.59 Å². The number of esters is 1. The fourth-order valence-corrected chi connectivity index (χ4v) is 1.44. The van der Waals surface area contributed by atoms with E-state index in [1.807, 2.05) is 0 Å². The van der Waals surface area contributed by atoms with Crippen LogP contribution in [-0.4, -0.2) is 35.6 Å². The highest BCUT2D eigenvalue weighted by atomic mass is 16.5. The Labute approximate surface area is 110 Å². The molecule has 19 heavy (non-hydrogen) atoms. The van der Waals surface area contributed by atoms with Crippen LogP contribution in [0.25, 0.3) is 0 Å². The molecule has 1 aromatic rings. The first-order valence-corrected chi connectivity index (χ1v) is 5.77. The summed E-state index contributed by atoms with van der Waals surface area (Å²) in [5.41, 5.74) is 0.730. The van der Waals surface area contributed by atoms with Gasteiger partial charge in [-0.3, -0.25) is 4.79 Å². The number of hydrogen-bond donors (Lipinski definition) is 2. The molecule has 2 N–H and O–H groups in total. The molecular weight excluding hydrogens is 250 g/mol. The predicted molar refractivity (Wildman–Crippen MR) is 66.3 cm³/mol. The molecule has 1 aromatic carbocycles. The summed E-state index contributed by atoms with van der Waals surface area (Å²) in [6.45, 7) is 1.61. The molecule has 0 spiro atoms. The van der Waals surface area contributed by atoms with Crippen molar-refractivity contribution >= 4 is 17.8 Å². The molecule has 0 bridgehead atoms. The van der Waals surface area contributed by atoms with Gasteiger partial charge >= 0.3 is 11.9 Å². The van der Waals surface area contributed by atoms with Crippen molar-refractivity contribution in [3.63, 3.8) is 0 Å². The number of ether oxygens (including phenoxy) is 1. The first kappa shape index (κ1) is 14.7. The van der Waals surface area contributed by atoms with E-state index in [0.29, 0.717) is 0 Å². The van der Waals surface area contributed by atoms with Crippen LogP contribution in [0.5, 0.6) is 0 Å². The lowest BCUT2D eigenvalue weighted by molar-refractivity contribution is -0.156. The number of carboxylic acid groups (broad SMARTS) is 1. The van der Waals surface area contributed by atoms with E-state index < -0.39 is 23.9 Å². The third-order valence-corrected chi connectivity index (χ3v) is 2.28. The Morgan fingerprint density at radius 1 is 1.26 bits per heavy atom. The topological polar surface area (TPSA) is 92.7 Å². The summed E-state index contributed by atoms with van der Waals surface area (Å²) in [4.78, 5) is 33.9. The number of rotatable bonds is 6. The lowest BCUT2D eigenvalue weighted by Crippen LogP contribution is -2.47. The molecule has 0 aliphatic heterocycles. The number of amides is 1. The average molecular weight is 265 g/mol. The van der Waals surface area contributed by atoms with Crippen LogP contribution < -0.4 is 5.32 Å². The second kappa shape index (κ2) is 7.15. The Morgan fingerprint density at radius 3 is 2.42 bits per heavy atom. The number of aliphatic carboxylic acids is 1. The first-order chi connectivity index (χ1) is 9.04. The number of carboxylic acids is 1. The largest absolute Gasteiger partial charge is 0.479 e. The monoisotopic (exact) mass is 265 g/mol. The fraction of sp³-hybridized carbons (Fsp3) is 0.308. The Kier molecular flexibility index (Phi) is 5.53. The summed E-state index contributed by atoms with van der Waals surface area (Å²) in [6.07, 6.45) is 0.00399. The van der Waals surface area contributed by atoms with Gasteiger partial charge in [0.2, 0.25) is 11.9 Å². The van der Waals surface area contributed by atoms with Gasteiger partial charge < -0.3 is 15.2 Å². The van der Waals surface area contributed by atoms with Gasteiger partial charge in [-0.1, -0.05) is 30.3 Å². The average Bonchev–Trinajstić information content (AvgIpc) is 2.37. The Bertz CT molecular complexity index is 457. The van der Waals surface area contributed by atoms with E-state index in [2.05, 4.69) is 10.1 Å². The zero-order valence-corrected chi connectivity index (χ0v) is 10.5. The van der Waals surface area contributed by atoms with Crippen molar-refractivity contribution in [2.45, 2.75) is 19.4 Å².